The quantitative estimate of drug-likeness (QED) is 0.258. The van der Waals surface area contributed by atoms with Gasteiger partial charge < -0.3 is 21.4 Å². The van der Waals surface area contributed by atoms with E-state index < -0.39 is 5.91 Å². The summed E-state index contributed by atoms with van der Waals surface area (Å²) in [6.45, 7) is 2.01. The number of aliphatic imine (C=N–C) groups is 1. The molecule has 2 aromatic heterocycles. The second-order valence-electron chi connectivity index (χ2n) is 9.01. The number of nitrogens with zero attached hydrogens (tertiary/aromatic N) is 5. The molecule has 0 bridgehead atoms. The van der Waals surface area contributed by atoms with E-state index in [1.165, 1.54) is 0 Å². The van der Waals surface area contributed by atoms with Crippen LogP contribution in [0.5, 0.6) is 0 Å². The molecule has 2 aromatic carbocycles. The highest BCUT2D eigenvalue weighted by molar-refractivity contribution is 6.03. The first-order valence-corrected chi connectivity index (χ1v) is 11.8. The number of para-hydroxylation sites is 2. The number of nitrogens with one attached hydrogen (secondary N) is 2. The Balaban J connectivity index is 1.50. The van der Waals surface area contributed by atoms with Gasteiger partial charge in [0.1, 0.15) is 5.82 Å². The van der Waals surface area contributed by atoms with Gasteiger partial charge in [-0.1, -0.05) is 36.6 Å². The second-order valence-corrected chi connectivity index (χ2v) is 9.01. The molecule has 2 atom stereocenters. The van der Waals surface area contributed by atoms with Gasteiger partial charge >= 0.3 is 0 Å². The summed E-state index contributed by atoms with van der Waals surface area (Å²) in [6.07, 6.45) is 3.92. The number of nitrogens with two attached hydrogens (primary N) is 2. The van der Waals surface area contributed by atoms with Gasteiger partial charge in [0.25, 0.3) is 5.91 Å². The van der Waals surface area contributed by atoms with Gasteiger partial charge in [-0.25, -0.2) is 19.9 Å². The van der Waals surface area contributed by atoms with Crippen molar-refractivity contribution in [3.05, 3.63) is 53.9 Å². The van der Waals surface area contributed by atoms with Crippen molar-refractivity contribution in [3.8, 4) is 0 Å². The molecule has 0 spiro atoms. The molecule has 1 aliphatic carbocycles. The van der Waals surface area contributed by atoms with Crippen LogP contribution in [0.15, 0.2) is 47.5 Å². The van der Waals surface area contributed by atoms with Crippen molar-refractivity contribution in [2.45, 2.75) is 44.7 Å². The van der Waals surface area contributed by atoms with Crippen LogP contribution < -0.4 is 22.1 Å². The van der Waals surface area contributed by atoms with E-state index in [2.05, 4.69) is 30.6 Å². The van der Waals surface area contributed by atoms with Gasteiger partial charge in [-0.2, -0.15) is 0 Å². The smallest absolute Gasteiger partial charge is 0.295 e. The van der Waals surface area contributed by atoms with E-state index in [1.54, 1.807) is 0 Å². The van der Waals surface area contributed by atoms with Crippen LogP contribution in [0.2, 0.25) is 0 Å². The molecular weight excluding hydrogens is 442 g/mol. The molecule has 180 valence electrons. The summed E-state index contributed by atoms with van der Waals surface area (Å²) in [5.74, 6) is 0.730. The van der Waals surface area contributed by atoms with E-state index in [-0.39, 0.29) is 23.9 Å². The lowest BCUT2D eigenvalue weighted by atomic mass is 9.90. The van der Waals surface area contributed by atoms with Crippen LogP contribution in [0.1, 0.15) is 41.9 Å². The number of benzene rings is 2. The Labute approximate surface area is 202 Å². The monoisotopic (exact) mass is 471 g/mol. The number of rotatable bonds is 5. The van der Waals surface area contributed by atoms with Gasteiger partial charge in [-0.15, -0.1) is 0 Å². The van der Waals surface area contributed by atoms with Crippen LogP contribution in [-0.2, 0) is 7.05 Å². The Morgan fingerprint density at radius 1 is 1.06 bits per heavy atom. The number of carbonyl (C=O) groups is 1. The van der Waals surface area contributed by atoms with Crippen molar-refractivity contribution in [2.75, 3.05) is 10.6 Å². The highest BCUT2D eigenvalue weighted by Crippen LogP contribution is 2.28. The van der Waals surface area contributed by atoms with Crippen molar-refractivity contribution in [1.29, 1.82) is 0 Å². The summed E-state index contributed by atoms with van der Waals surface area (Å²) in [5, 5.41) is 7.24. The maximum atomic E-state index is 13.2. The number of aromatic nitrogens is 4. The fourth-order valence-electron chi connectivity index (χ4n) is 4.67. The van der Waals surface area contributed by atoms with Gasteiger partial charge in [0, 0.05) is 12.4 Å². The molecule has 10 nitrogen and oxygen atoms in total. The van der Waals surface area contributed by atoms with E-state index in [9.17, 15) is 4.79 Å². The van der Waals surface area contributed by atoms with E-state index in [4.69, 9.17) is 11.5 Å². The van der Waals surface area contributed by atoms with Crippen molar-refractivity contribution in [3.63, 3.8) is 0 Å². The van der Waals surface area contributed by atoms with E-state index in [1.807, 2.05) is 61.0 Å². The molecule has 4 aromatic rings. The number of hydrogen-bond donors (Lipinski definition) is 4. The summed E-state index contributed by atoms with van der Waals surface area (Å²) in [5.41, 5.74) is 14.8. The minimum Gasteiger partial charge on any atom is -0.370 e. The summed E-state index contributed by atoms with van der Waals surface area (Å²) in [4.78, 5) is 31.4. The van der Waals surface area contributed by atoms with E-state index in [0.717, 1.165) is 47.7 Å². The lowest BCUT2D eigenvalue weighted by Gasteiger charge is -2.30. The molecule has 1 saturated carbocycles. The molecular formula is C25H29N9O. The predicted octanol–water partition coefficient (Wildman–Crippen LogP) is 3.07. The third-order valence-corrected chi connectivity index (χ3v) is 6.43. The summed E-state index contributed by atoms with van der Waals surface area (Å²) < 4.78 is 1.83. The van der Waals surface area contributed by atoms with E-state index in [0.29, 0.717) is 17.3 Å². The molecule has 0 radical (unpaired) electrons. The molecule has 6 N–H and O–H groups in total. The Hall–Kier alpha value is -4.21. The zero-order valence-corrected chi connectivity index (χ0v) is 19.8. The molecule has 0 saturated heterocycles. The molecule has 10 heteroatoms. The van der Waals surface area contributed by atoms with Crippen LogP contribution in [0.4, 0.5) is 11.8 Å². The maximum Gasteiger partial charge on any atom is 0.295 e. The van der Waals surface area contributed by atoms with Crippen molar-refractivity contribution >= 4 is 45.6 Å². The van der Waals surface area contributed by atoms with Gasteiger partial charge in [0.15, 0.2) is 5.96 Å². The number of imidazole rings is 1. The highest BCUT2D eigenvalue weighted by Gasteiger charge is 2.26. The van der Waals surface area contributed by atoms with Crippen LogP contribution in [0, 0.1) is 6.92 Å². The molecule has 0 unspecified atom stereocenters. The average Bonchev–Trinajstić information content (AvgIpc) is 3.15. The molecule has 1 amide bonds. The van der Waals surface area contributed by atoms with Crippen LogP contribution in [-0.4, -0.2) is 43.5 Å². The molecule has 1 fully saturated rings. The third kappa shape index (κ3) is 4.59. The van der Waals surface area contributed by atoms with Crippen LogP contribution >= 0.6 is 0 Å². The maximum absolute atomic E-state index is 13.2. The fraction of sp³-hybridized carbons (Fsp3) is 0.320. The average molecular weight is 472 g/mol. The largest absolute Gasteiger partial charge is 0.370 e. The van der Waals surface area contributed by atoms with Gasteiger partial charge in [0.2, 0.25) is 11.8 Å². The predicted molar refractivity (Wildman–Crippen MR) is 138 cm³/mol. The lowest BCUT2D eigenvalue weighted by Crippen LogP contribution is -2.38. The van der Waals surface area contributed by atoms with Crippen molar-refractivity contribution in [2.24, 2.45) is 23.5 Å². The second kappa shape index (κ2) is 9.21. The highest BCUT2D eigenvalue weighted by atomic mass is 16.2. The Morgan fingerprint density at radius 3 is 2.66 bits per heavy atom. The Bertz CT molecular complexity index is 1440. The number of carbonyl (C=O) groups excluding carboxylic acids is 1. The zero-order valence-electron chi connectivity index (χ0n) is 19.8. The van der Waals surface area contributed by atoms with Gasteiger partial charge in [-0.3, -0.25) is 10.1 Å². The number of fused-ring (bicyclic) bond motifs is 2. The Morgan fingerprint density at radius 2 is 1.86 bits per heavy atom. The number of guanidine groups is 1. The SMILES string of the molecule is Cc1ccc2nc(C(=O)Nc3nc4ccccc4n3C)nc(N[C@H]3CCCC[C@H]3N=C(N)N)c2c1. The number of anilines is 2. The number of amides is 1. The molecule has 1 aliphatic rings. The standard InChI is InChI=1S/C25H29N9O/c1-14-11-12-16-15(13-14)21(29-17-7-3-4-8-18(17)30-24(26)27)32-22(28-16)23(35)33-25-31-19-9-5-6-10-20(19)34(25)2/h5-6,9-13,17-18H,3-4,7-8H2,1-2H3,(H4,26,27,30)(H,28,29,32)(H,31,33,35)/t17-,18+/m0/s1. The Kier molecular flexibility index (Phi) is 5.94. The summed E-state index contributed by atoms with van der Waals surface area (Å²) in [6, 6.07) is 13.5. The topological polar surface area (TPSA) is 149 Å². The third-order valence-electron chi connectivity index (χ3n) is 6.43. The van der Waals surface area contributed by atoms with Gasteiger partial charge in [-0.05, 0) is 44.0 Å². The minimum absolute atomic E-state index is 0.000197. The number of hydrogen-bond acceptors (Lipinski definition) is 6. The summed E-state index contributed by atoms with van der Waals surface area (Å²) in [7, 11) is 1.86. The summed E-state index contributed by atoms with van der Waals surface area (Å²) >= 11 is 0. The zero-order chi connectivity index (χ0) is 24.5. The molecule has 0 aliphatic heterocycles. The first kappa shape index (κ1) is 22.6. The molecule has 5 rings (SSSR count). The minimum atomic E-state index is -0.432. The van der Waals surface area contributed by atoms with Crippen LogP contribution in [0.25, 0.3) is 21.9 Å². The fourth-order valence-corrected chi connectivity index (χ4v) is 4.67. The first-order chi connectivity index (χ1) is 16.9. The van der Waals surface area contributed by atoms with Crippen molar-refractivity contribution < 1.29 is 4.79 Å². The molecule has 2 heterocycles. The van der Waals surface area contributed by atoms with Crippen LogP contribution in [0.3, 0.4) is 0 Å². The normalized spacial score (nSPS) is 17.9. The van der Waals surface area contributed by atoms with Crippen molar-refractivity contribution in [1.82, 2.24) is 19.5 Å². The molecule has 35 heavy (non-hydrogen) atoms. The first-order valence-electron chi connectivity index (χ1n) is 11.8. The van der Waals surface area contributed by atoms with E-state index >= 15 is 0 Å². The van der Waals surface area contributed by atoms with Gasteiger partial charge in [0.05, 0.1) is 28.6 Å². The lowest BCUT2D eigenvalue weighted by molar-refractivity contribution is 0.101. The number of aryl methyl sites for hydroxylation is 2.